The summed E-state index contributed by atoms with van der Waals surface area (Å²) >= 11 is 0. The lowest BCUT2D eigenvalue weighted by Crippen LogP contribution is -2.45. The van der Waals surface area contributed by atoms with Gasteiger partial charge in [-0.2, -0.15) is 0 Å². The molecular formula is C60H117NO5. The van der Waals surface area contributed by atoms with Crippen LogP contribution in [0, 0.1) is 0 Å². The van der Waals surface area contributed by atoms with Crippen LogP contribution in [0.2, 0.25) is 0 Å². The van der Waals surface area contributed by atoms with Gasteiger partial charge < -0.3 is 20.3 Å². The van der Waals surface area contributed by atoms with E-state index in [-0.39, 0.29) is 18.5 Å². The fourth-order valence-corrected chi connectivity index (χ4v) is 9.46. The van der Waals surface area contributed by atoms with Gasteiger partial charge in [-0.05, 0) is 51.4 Å². The van der Waals surface area contributed by atoms with Crippen LogP contribution in [-0.4, -0.2) is 47.4 Å². The molecule has 6 nitrogen and oxygen atoms in total. The van der Waals surface area contributed by atoms with E-state index in [0.29, 0.717) is 25.9 Å². The van der Waals surface area contributed by atoms with Gasteiger partial charge in [0, 0.05) is 12.8 Å². The van der Waals surface area contributed by atoms with Gasteiger partial charge in [0.1, 0.15) is 0 Å². The van der Waals surface area contributed by atoms with E-state index < -0.39 is 12.1 Å². The number of carbonyl (C=O) groups is 2. The summed E-state index contributed by atoms with van der Waals surface area (Å²) in [6.07, 6.45) is 66.5. The van der Waals surface area contributed by atoms with Gasteiger partial charge >= 0.3 is 5.97 Å². The molecule has 392 valence electrons. The Bertz CT molecular complexity index is 986. The van der Waals surface area contributed by atoms with Crippen molar-refractivity contribution in [2.45, 2.75) is 347 Å². The maximum absolute atomic E-state index is 12.4. The first kappa shape index (κ1) is 64.6. The number of hydrogen-bond donors (Lipinski definition) is 3. The summed E-state index contributed by atoms with van der Waals surface area (Å²) < 4.78 is 5.48. The number of rotatable bonds is 56. The average molecular weight is 933 g/mol. The number of ether oxygens (including phenoxy) is 1. The Morgan fingerprint density at radius 2 is 0.712 bits per heavy atom. The number of aliphatic hydroxyl groups excluding tert-OH is 2. The summed E-state index contributed by atoms with van der Waals surface area (Å²) in [7, 11) is 0. The molecule has 0 saturated carbocycles. The number of unbranched alkanes of at least 4 members (excludes halogenated alkanes) is 43. The molecule has 2 unspecified atom stereocenters. The van der Waals surface area contributed by atoms with Crippen LogP contribution in [0.15, 0.2) is 12.2 Å². The Labute approximate surface area is 412 Å². The molecule has 0 aliphatic rings. The van der Waals surface area contributed by atoms with Crippen LogP contribution in [0.3, 0.4) is 0 Å². The zero-order valence-corrected chi connectivity index (χ0v) is 44.7. The van der Waals surface area contributed by atoms with Gasteiger partial charge in [-0.15, -0.1) is 0 Å². The Balaban J connectivity index is 3.36. The van der Waals surface area contributed by atoms with Crippen molar-refractivity contribution in [3.8, 4) is 0 Å². The minimum absolute atomic E-state index is 0.0161. The molecule has 0 fully saturated rings. The summed E-state index contributed by atoms with van der Waals surface area (Å²) in [6, 6.07) is -0.541. The fourth-order valence-electron chi connectivity index (χ4n) is 9.46. The molecule has 0 aromatic carbocycles. The van der Waals surface area contributed by atoms with Crippen LogP contribution in [0.25, 0.3) is 0 Å². The summed E-state index contributed by atoms with van der Waals surface area (Å²) in [4.78, 5) is 24.5. The highest BCUT2D eigenvalue weighted by atomic mass is 16.5. The standard InChI is InChI=1S/C60H117NO5/c1-3-5-7-9-11-13-15-16-31-34-38-42-46-50-54-60(65)66-55-51-47-43-39-35-32-29-27-25-23-21-19-17-18-20-22-24-26-28-30-33-37-41-45-49-53-59(64)61-57(56-62)58(63)52-48-44-40-36-14-12-10-8-6-4-2/h18,20,57-58,62-63H,3-17,19,21-56H2,1-2H3,(H,61,64)/b20-18-. The molecule has 2 atom stereocenters. The van der Waals surface area contributed by atoms with Gasteiger partial charge in [-0.25, -0.2) is 0 Å². The van der Waals surface area contributed by atoms with E-state index in [9.17, 15) is 19.8 Å². The molecule has 0 heterocycles. The third-order valence-electron chi connectivity index (χ3n) is 14.1. The Hall–Kier alpha value is -1.40. The number of aliphatic hydroxyl groups is 2. The van der Waals surface area contributed by atoms with E-state index in [1.54, 1.807) is 0 Å². The summed E-state index contributed by atoms with van der Waals surface area (Å²) in [6.45, 7) is 4.96. The first-order chi connectivity index (χ1) is 32.5. The van der Waals surface area contributed by atoms with Gasteiger partial charge in [0.15, 0.2) is 0 Å². The number of carbonyl (C=O) groups excluding carboxylic acids is 2. The van der Waals surface area contributed by atoms with Crippen LogP contribution in [0.4, 0.5) is 0 Å². The lowest BCUT2D eigenvalue weighted by atomic mass is 10.0. The molecule has 0 rings (SSSR count). The van der Waals surface area contributed by atoms with Crippen molar-refractivity contribution in [2.24, 2.45) is 0 Å². The Morgan fingerprint density at radius 1 is 0.409 bits per heavy atom. The van der Waals surface area contributed by atoms with E-state index in [0.717, 1.165) is 38.5 Å². The van der Waals surface area contributed by atoms with Crippen LogP contribution in [0.1, 0.15) is 335 Å². The molecule has 0 radical (unpaired) electrons. The van der Waals surface area contributed by atoms with Crippen molar-refractivity contribution in [1.29, 1.82) is 0 Å². The minimum atomic E-state index is -0.663. The molecule has 3 N–H and O–H groups in total. The molecule has 6 heteroatoms. The molecular weight excluding hydrogens is 815 g/mol. The van der Waals surface area contributed by atoms with Crippen molar-refractivity contribution in [1.82, 2.24) is 5.32 Å². The molecule has 0 aromatic heterocycles. The third-order valence-corrected chi connectivity index (χ3v) is 14.1. The molecule has 66 heavy (non-hydrogen) atoms. The van der Waals surface area contributed by atoms with Gasteiger partial charge in [0.05, 0.1) is 25.4 Å². The Morgan fingerprint density at radius 3 is 1.08 bits per heavy atom. The van der Waals surface area contributed by atoms with E-state index in [4.69, 9.17) is 4.74 Å². The lowest BCUT2D eigenvalue weighted by Gasteiger charge is -2.22. The van der Waals surface area contributed by atoms with E-state index in [1.807, 2.05) is 0 Å². The minimum Gasteiger partial charge on any atom is -0.466 e. The zero-order valence-electron chi connectivity index (χ0n) is 44.7. The predicted octanol–water partition coefficient (Wildman–Crippen LogP) is 18.5. The van der Waals surface area contributed by atoms with E-state index >= 15 is 0 Å². The maximum Gasteiger partial charge on any atom is 0.305 e. The van der Waals surface area contributed by atoms with E-state index in [1.165, 1.54) is 263 Å². The number of amides is 1. The first-order valence-corrected chi connectivity index (χ1v) is 29.9. The first-order valence-electron chi connectivity index (χ1n) is 29.9. The maximum atomic E-state index is 12.4. The zero-order chi connectivity index (χ0) is 47.9. The van der Waals surface area contributed by atoms with Crippen molar-refractivity contribution in [2.75, 3.05) is 13.2 Å². The topological polar surface area (TPSA) is 95.9 Å². The molecule has 0 aromatic rings. The molecule has 0 aliphatic carbocycles. The van der Waals surface area contributed by atoms with Gasteiger partial charge in [0.25, 0.3) is 0 Å². The molecule has 0 bridgehead atoms. The van der Waals surface area contributed by atoms with Gasteiger partial charge in [-0.3, -0.25) is 9.59 Å². The molecule has 0 spiro atoms. The molecule has 0 aliphatic heterocycles. The molecule has 0 saturated heterocycles. The predicted molar refractivity (Wildman–Crippen MR) is 287 cm³/mol. The quantitative estimate of drug-likeness (QED) is 0.0321. The van der Waals surface area contributed by atoms with Crippen molar-refractivity contribution >= 4 is 11.9 Å². The average Bonchev–Trinajstić information content (AvgIpc) is 3.32. The highest BCUT2D eigenvalue weighted by molar-refractivity contribution is 5.76. The largest absolute Gasteiger partial charge is 0.466 e. The second kappa shape index (κ2) is 56.2. The lowest BCUT2D eigenvalue weighted by molar-refractivity contribution is -0.143. The fraction of sp³-hybridized carbons (Fsp3) is 0.933. The second-order valence-corrected chi connectivity index (χ2v) is 20.7. The Kier molecular flexibility index (Phi) is 55.0. The van der Waals surface area contributed by atoms with Crippen LogP contribution in [-0.2, 0) is 14.3 Å². The van der Waals surface area contributed by atoms with Gasteiger partial charge in [0.2, 0.25) is 5.91 Å². The van der Waals surface area contributed by atoms with E-state index in [2.05, 4.69) is 31.3 Å². The van der Waals surface area contributed by atoms with Gasteiger partial charge in [-0.1, -0.05) is 283 Å². The number of hydrogen-bond acceptors (Lipinski definition) is 5. The van der Waals surface area contributed by atoms with Crippen LogP contribution >= 0.6 is 0 Å². The third kappa shape index (κ3) is 52.0. The summed E-state index contributed by atoms with van der Waals surface area (Å²) in [5.41, 5.74) is 0. The highest BCUT2D eigenvalue weighted by Gasteiger charge is 2.20. The van der Waals surface area contributed by atoms with Crippen LogP contribution in [0.5, 0.6) is 0 Å². The van der Waals surface area contributed by atoms with Crippen LogP contribution < -0.4 is 5.32 Å². The van der Waals surface area contributed by atoms with Crippen molar-refractivity contribution in [3.05, 3.63) is 12.2 Å². The second-order valence-electron chi connectivity index (χ2n) is 20.7. The number of esters is 1. The summed E-state index contributed by atoms with van der Waals surface area (Å²) in [5, 5.41) is 23.1. The number of allylic oxidation sites excluding steroid dienone is 2. The normalized spacial score (nSPS) is 12.6. The highest BCUT2D eigenvalue weighted by Crippen LogP contribution is 2.17. The summed E-state index contributed by atoms with van der Waals surface area (Å²) in [5.74, 6) is -0.0224. The van der Waals surface area contributed by atoms with Crippen molar-refractivity contribution < 1.29 is 24.5 Å². The SMILES string of the molecule is CCCCCCCCCCCCCCCCC(=O)OCCCCCCCCCCCCCC/C=C\CCCCCCCCCCCC(=O)NC(CO)C(O)CCCCCCCCCCCC. The molecule has 1 amide bonds. The monoisotopic (exact) mass is 932 g/mol. The van der Waals surface area contributed by atoms with Crippen molar-refractivity contribution in [3.63, 3.8) is 0 Å². The number of nitrogens with one attached hydrogen (secondary N) is 1. The smallest absolute Gasteiger partial charge is 0.305 e.